The SMILES string of the molecule is Cc1ccc(NC(=O)Nc2ccccc2)cc1NC(=O)COc1cccc(Cl)c1. The molecule has 3 amide bonds. The summed E-state index contributed by atoms with van der Waals surface area (Å²) in [5.41, 5.74) is 2.68. The molecule has 3 rings (SSSR count). The van der Waals surface area contributed by atoms with Crippen molar-refractivity contribution in [3.63, 3.8) is 0 Å². The van der Waals surface area contributed by atoms with Crippen molar-refractivity contribution in [3.8, 4) is 5.75 Å². The van der Waals surface area contributed by atoms with Crippen LogP contribution in [0.3, 0.4) is 0 Å². The van der Waals surface area contributed by atoms with E-state index in [1.54, 1.807) is 48.5 Å². The van der Waals surface area contributed by atoms with Crippen LogP contribution < -0.4 is 20.7 Å². The third-order valence-corrected chi connectivity index (χ3v) is 4.20. The van der Waals surface area contributed by atoms with E-state index < -0.39 is 0 Å². The molecule has 0 aliphatic carbocycles. The zero-order chi connectivity index (χ0) is 20.6. The summed E-state index contributed by atoms with van der Waals surface area (Å²) in [4.78, 5) is 24.4. The van der Waals surface area contributed by atoms with Crippen LogP contribution in [0.1, 0.15) is 5.56 Å². The minimum atomic E-state index is -0.374. The van der Waals surface area contributed by atoms with Crippen molar-refractivity contribution in [3.05, 3.63) is 83.4 Å². The van der Waals surface area contributed by atoms with Crippen molar-refractivity contribution in [2.75, 3.05) is 22.6 Å². The molecular formula is C22H20ClN3O3. The quantitative estimate of drug-likeness (QED) is 0.516. The van der Waals surface area contributed by atoms with Crippen LogP contribution in [0, 0.1) is 6.92 Å². The van der Waals surface area contributed by atoms with Gasteiger partial charge in [0.1, 0.15) is 5.75 Å². The van der Waals surface area contributed by atoms with E-state index in [1.807, 2.05) is 31.2 Å². The summed E-state index contributed by atoms with van der Waals surface area (Å²) in [5.74, 6) is 0.191. The molecule has 7 heteroatoms. The molecule has 0 atom stereocenters. The maximum atomic E-state index is 12.2. The second-order valence-electron chi connectivity index (χ2n) is 6.27. The summed E-state index contributed by atoms with van der Waals surface area (Å²) >= 11 is 5.90. The van der Waals surface area contributed by atoms with E-state index in [2.05, 4.69) is 16.0 Å². The van der Waals surface area contributed by atoms with Crippen LogP contribution in [-0.2, 0) is 4.79 Å². The van der Waals surface area contributed by atoms with E-state index in [-0.39, 0.29) is 18.5 Å². The number of anilines is 3. The largest absolute Gasteiger partial charge is 0.484 e. The van der Waals surface area contributed by atoms with Crippen LogP contribution in [-0.4, -0.2) is 18.5 Å². The highest BCUT2D eigenvalue weighted by Gasteiger charge is 2.09. The van der Waals surface area contributed by atoms with Gasteiger partial charge < -0.3 is 20.7 Å². The maximum Gasteiger partial charge on any atom is 0.323 e. The summed E-state index contributed by atoms with van der Waals surface area (Å²) in [6.45, 7) is 1.70. The minimum absolute atomic E-state index is 0.161. The number of hydrogen-bond donors (Lipinski definition) is 3. The lowest BCUT2D eigenvalue weighted by molar-refractivity contribution is -0.118. The Hall–Kier alpha value is -3.51. The number of hydrogen-bond acceptors (Lipinski definition) is 3. The molecule has 0 saturated carbocycles. The molecule has 0 heterocycles. The van der Waals surface area contributed by atoms with Gasteiger partial charge in [-0.05, 0) is 55.0 Å². The molecule has 148 valence electrons. The number of nitrogens with one attached hydrogen (secondary N) is 3. The number of carbonyl (C=O) groups excluding carboxylic acids is 2. The van der Waals surface area contributed by atoms with E-state index in [0.717, 1.165) is 5.56 Å². The summed E-state index contributed by atoms with van der Waals surface area (Å²) < 4.78 is 5.45. The molecule has 0 radical (unpaired) electrons. The first-order valence-corrected chi connectivity index (χ1v) is 9.29. The lowest BCUT2D eigenvalue weighted by Gasteiger charge is -2.13. The number of benzene rings is 3. The van der Waals surface area contributed by atoms with Gasteiger partial charge in [-0.3, -0.25) is 4.79 Å². The van der Waals surface area contributed by atoms with Gasteiger partial charge in [-0.25, -0.2) is 4.79 Å². The Kier molecular flexibility index (Phi) is 6.71. The molecule has 0 bridgehead atoms. The number of urea groups is 1. The Morgan fingerprint density at radius 2 is 1.62 bits per heavy atom. The molecule has 3 N–H and O–H groups in total. The van der Waals surface area contributed by atoms with Crippen LogP contribution in [0.15, 0.2) is 72.8 Å². The fourth-order valence-corrected chi connectivity index (χ4v) is 2.72. The van der Waals surface area contributed by atoms with Gasteiger partial charge in [0, 0.05) is 22.1 Å². The topological polar surface area (TPSA) is 79.5 Å². The Labute approximate surface area is 173 Å². The molecule has 0 fully saturated rings. The van der Waals surface area contributed by atoms with Gasteiger partial charge in [0.2, 0.25) is 0 Å². The zero-order valence-electron chi connectivity index (χ0n) is 15.7. The minimum Gasteiger partial charge on any atom is -0.484 e. The van der Waals surface area contributed by atoms with E-state index in [1.165, 1.54) is 0 Å². The molecular weight excluding hydrogens is 390 g/mol. The predicted octanol–water partition coefficient (Wildman–Crippen LogP) is 5.31. The number of amides is 3. The van der Waals surface area contributed by atoms with Crippen LogP contribution in [0.25, 0.3) is 0 Å². The molecule has 29 heavy (non-hydrogen) atoms. The number of halogens is 1. The predicted molar refractivity (Wildman–Crippen MR) is 116 cm³/mol. The average Bonchev–Trinajstić information content (AvgIpc) is 2.70. The van der Waals surface area contributed by atoms with Crippen molar-refractivity contribution < 1.29 is 14.3 Å². The highest BCUT2D eigenvalue weighted by atomic mass is 35.5. The molecule has 0 aliphatic heterocycles. The van der Waals surface area contributed by atoms with Gasteiger partial charge in [-0.15, -0.1) is 0 Å². The van der Waals surface area contributed by atoms with Gasteiger partial charge in [-0.2, -0.15) is 0 Å². The third kappa shape index (κ3) is 6.26. The molecule has 6 nitrogen and oxygen atoms in total. The number of ether oxygens (including phenoxy) is 1. The number of rotatable bonds is 6. The van der Waals surface area contributed by atoms with Gasteiger partial charge in [0.15, 0.2) is 6.61 Å². The first-order chi connectivity index (χ1) is 14.0. The molecule has 0 aliphatic rings. The Balaban J connectivity index is 1.58. The van der Waals surface area contributed by atoms with Crippen LogP contribution in [0.4, 0.5) is 21.9 Å². The highest BCUT2D eigenvalue weighted by Crippen LogP contribution is 2.21. The smallest absolute Gasteiger partial charge is 0.323 e. The van der Waals surface area contributed by atoms with Crippen molar-refractivity contribution in [2.24, 2.45) is 0 Å². The second-order valence-corrected chi connectivity index (χ2v) is 6.71. The summed E-state index contributed by atoms with van der Waals surface area (Å²) in [5, 5.41) is 8.81. The van der Waals surface area contributed by atoms with Gasteiger partial charge in [0.25, 0.3) is 5.91 Å². The molecule has 0 aromatic heterocycles. The van der Waals surface area contributed by atoms with Gasteiger partial charge in [0.05, 0.1) is 0 Å². The second kappa shape index (κ2) is 9.61. The monoisotopic (exact) mass is 409 g/mol. The number of para-hydroxylation sites is 1. The lowest BCUT2D eigenvalue weighted by Crippen LogP contribution is -2.21. The fourth-order valence-electron chi connectivity index (χ4n) is 2.54. The number of aryl methyl sites for hydroxylation is 1. The first kappa shape index (κ1) is 20.2. The van der Waals surface area contributed by atoms with E-state index in [0.29, 0.717) is 27.8 Å². The van der Waals surface area contributed by atoms with Crippen molar-refractivity contribution in [1.29, 1.82) is 0 Å². The van der Waals surface area contributed by atoms with Crippen molar-refractivity contribution in [1.82, 2.24) is 0 Å². The lowest BCUT2D eigenvalue weighted by atomic mass is 10.2. The van der Waals surface area contributed by atoms with E-state index >= 15 is 0 Å². The van der Waals surface area contributed by atoms with Crippen LogP contribution in [0.2, 0.25) is 5.02 Å². The van der Waals surface area contributed by atoms with E-state index in [9.17, 15) is 9.59 Å². The summed E-state index contributed by atoms with van der Waals surface area (Å²) in [7, 11) is 0. The Morgan fingerprint density at radius 3 is 2.38 bits per heavy atom. The standard InChI is InChI=1S/C22H20ClN3O3/c1-15-10-11-18(25-22(28)24-17-7-3-2-4-8-17)13-20(15)26-21(27)14-29-19-9-5-6-16(23)12-19/h2-13H,14H2,1H3,(H,26,27)(H2,24,25,28). The molecule has 0 unspecified atom stereocenters. The molecule has 3 aromatic rings. The van der Waals surface area contributed by atoms with E-state index in [4.69, 9.17) is 16.3 Å². The summed E-state index contributed by atoms with van der Waals surface area (Å²) in [6, 6.07) is 20.8. The third-order valence-electron chi connectivity index (χ3n) is 3.97. The Morgan fingerprint density at radius 1 is 0.862 bits per heavy atom. The molecule has 0 saturated heterocycles. The van der Waals surface area contributed by atoms with Crippen molar-refractivity contribution >= 4 is 40.6 Å². The maximum absolute atomic E-state index is 12.2. The fraction of sp³-hybridized carbons (Fsp3) is 0.0909. The molecule has 3 aromatic carbocycles. The van der Waals surface area contributed by atoms with Gasteiger partial charge in [-0.1, -0.05) is 41.9 Å². The summed E-state index contributed by atoms with van der Waals surface area (Å²) in [6.07, 6.45) is 0. The first-order valence-electron chi connectivity index (χ1n) is 8.91. The number of carbonyl (C=O) groups is 2. The zero-order valence-corrected chi connectivity index (χ0v) is 16.5. The normalized spacial score (nSPS) is 10.1. The average molecular weight is 410 g/mol. The molecule has 0 spiro atoms. The Bertz CT molecular complexity index is 1010. The van der Waals surface area contributed by atoms with Crippen LogP contribution in [0.5, 0.6) is 5.75 Å². The highest BCUT2D eigenvalue weighted by molar-refractivity contribution is 6.30. The van der Waals surface area contributed by atoms with Crippen molar-refractivity contribution in [2.45, 2.75) is 6.92 Å². The van der Waals surface area contributed by atoms with Gasteiger partial charge >= 0.3 is 6.03 Å². The van der Waals surface area contributed by atoms with Crippen LogP contribution >= 0.6 is 11.6 Å².